The molecule has 0 bridgehead atoms. The lowest BCUT2D eigenvalue weighted by Crippen LogP contribution is -2.35. The minimum absolute atomic E-state index is 0.00630. The molecule has 0 unspecified atom stereocenters. The molecule has 40 heavy (non-hydrogen) atoms. The molecule has 2 saturated heterocycles. The van der Waals surface area contributed by atoms with Gasteiger partial charge in [-0.1, -0.05) is 19.9 Å². The van der Waals surface area contributed by atoms with E-state index in [1.165, 1.54) is 12.1 Å². The van der Waals surface area contributed by atoms with E-state index in [1.54, 1.807) is 18.3 Å². The van der Waals surface area contributed by atoms with E-state index < -0.39 is 28.8 Å². The minimum Gasteiger partial charge on any atom is -0.398 e. The second-order valence-corrected chi connectivity index (χ2v) is 10.7. The van der Waals surface area contributed by atoms with Gasteiger partial charge >= 0.3 is 0 Å². The van der Waals surface area contributed by atoms with E-state index in [0.717, 1.165) is 24.6 Å². The number of benzene rings is 2. The van der Waals surface area contributed by atoms with Gasteiger partial charge in [0.05, 0.1) is 24.0 Å². The van der Waals surface area contributed by atoms with Crippen molar-refractivity contribution >= 4 is 29.2 Å². The molecule has 0 spiro atoms. The number of nitrogens with two attached hydrogens (primary N) is 2. The van der Waals surface area contributed by atoms with E-state index in [4.69, 9.17) is 16.2 Å². The number of hydrogen-bond acceptors (Lipinski definition) is 8. The lowest BCUT2D eigenvalue weighted by molar-refractivity contribution is 0.102. The first kappa shape index (κ1) is 27.4. The van der Waals surface area contributed by atoms with Gasteiger partial charge in [0, 0.05) is 49.3 Å². The van der Waals surface area contributed by atoms with Gasteiger partial charge in [0.15, 0.2) is 11.6 Å². The van der Waals surface area contributed by atoms with Gasteiger partial charge in [-0.3, -0.25) is 14.6 Å². The Hall–Kier alpha value is -4.16. The van der Waals surface area contributed by atoms with Crippen molar-refractivity contribution in [3.63, 3.8) is 0 Å². The van der Waals surface area contributed by atoms with Gasteiger partial charge in [-0.05, 0) is 42.2 Å². The van der Waals surface area contributed by atoms with E-state index in [2.05, 4.69) is 34.2 Å². The van der Waals surface area contributed by atoms with Crippen molar-refractivity contribution in [2.75, 3.05) is 42.3 Å². The first-order valence-electron chi connectivity index (χ1n) is 12.9. The van der Waals surface area contributed by atoms with Crippen molar-refractivity contribution in [3.05, 3.63) is 75.7 Å². The van der Waals surface area contributed by atoms with Crippen molar-refractivity contribution in [1.29, 1.82) is 0 Å². The number of nitrogens with zero attached hydrogens (tertiary/aromatic N) is 4. The molecule has 0 aliphatic carbocycles. The number of para-hydroxylation sites is 1. The Morgan fingerprint density at radius 1 is 1.18 bits per heavy atom. The number of amides is 1. The van der Waals surface area contributed by atoms with Crippen LogP contribution in [0.2, 0.25) is 0 Å². The molecule has 1 aromatic heterocycles. The predicted molar refractivity (Wildman–Crippen MR) is 149 cm³/mol. The average Bonchev–Trinajstić information content (AvgIpc) is 3.52. The van der Waals surface area contributed by atoms with Crippen molar-refractivity contribution < 1.29 is 18.3 Å². The van der Waals surface area contributed by atoms with Gasteiger partial charge < -0.3 is 26.4 Å². The molecule has 10 nitrogen and oxygen atoms in total. The molecule has 1 amide bonds. The highest BCUT2D eigenvalue weighted by Gasteiger charge is 2.38. The summed E-state index contributed by atoms with van der Waals surface area (Å²) < 4.78 is 34.8. The van der Waals surface area contributed by atoms with Gasteiger partial charge in [0.2, 0.25) is 0 Å². The third-order valence-corrected chi connectivity index (χ3v) is 7.34. The van der Waals surface area contributed by atoms with Crippen LogP contribution in [0.25, 0.3) is 5.69 Å². The van der Waals surface area contributed by atoms with Crippen LogP contribution in [0.15, 0.2) is 52.3 Å². The topological polar surface area (TPSA) is 141 Å². The van der Waals surface area contributed by atoms with Gasteiger partial charge in [0.25, 0.3) is 11.5 Å². The quantitative estimate of drug-likeness (QED) is 0.316. The van der Waals surface area contributed by atoms with Gasteiger partial charge in [-0.2, -0.15) is 9.78 Å². The monoisotopic (exact) mass is 551 g/mol. The van der Waals surface area contributed by atoms with Gasteiger partial charge in [0.1, 0.15) is 11.4 Å². The van der Waals surface area contributed by atoms with Crippen molar-refractivity contribution in [2.45, 2.75) is 32.4 Å². The Kier molecular flexibility index (Phi) is 7.39. The maximum Gasteiger partial charge on any atom is 0.276 e. The van der Waals surface area contributed by atoms with E-state index in [0.29, 0.717) is 53.6 Å². The molecule has 2 atom stereocenters. The zero-order valence-electron chi connectivity index (χ0n) is 22.2. The highest BCUT2D eigenvalue weighted by molar-refractivity contribution is 6.08. The first-order chi connectivity index (χ1) is 19.0. The van der Waals surface area contributed by atoms with Crippen molar-refractivity contribution in [1.82, 2.24) is 9.78 Å². The second-order valence-electron chi connectivity index (χ2n) is 10.7. The number of halogens is 2. The maximum absolute atomic E-state index is 14.4. The molecular weight excluding hydrogens is 520 g/mol. The van der Waals surface area contributed by atoms with E-state index in [1.807, 2.05) is 0 Å². The molecule has 3 aromatic rings. The number of carbonyl (C=O) groups excluding carboxylic acids is 1. The summed E-state index contributed by atoms with van der Waals surface area (Å²) in [7, 11) is 0. The molecule has 2 aliphatic heterocycles. The summed E-state index contributed by atoms with van der Waals surface area (Å²) in [4.78, 5) is 32.6. The molecule has 5 rings (SSSR count). The Morgan fingerprint density at radius 3 is 2.58 bits per heavy atom. The number of carbonyl (C=O) groups is 1. The Morgan fingerprint density at radius 2 is 1.93 bits per heavy atom. The Bertz CT molecular complexity index is 1510. The molecule has 3 heterocycles. The fourth-order valence-corrected chi connectivity index (χ4v) is 4.92. The van der Waals surface area contributed by atoms with Crippen LogP contribution in [0.3, 0.4) is 0 Å². The number of anilines is 3. The zero-order chi connectivity index (χ0) is 28.6. The molecule has 5 N–H and O–H groups in total. The average molecular weight is 552 g/mol. The number of rotatable bonds is 6. The third kappa shape index (κ3) is 5.32. The number of nitrogens with one attached hydrogen (secondary N) is 1. The van der Waals surface area contributed by atoms with Crippen LogP contribution in [0.1, 0.15) is 36.3 Å². The van der Waals surface area contributed by atoms with Crippen molar-refractivity contribution in [2.24, 2.45) is 16.1 Å². The maximum atomic E-state index is 14.4. The van der Waals surface area contributed by atoms with Crippen LogP contribution in [0.5, 0.6) is 0 Å². The SMILES string of the molecule is CC1(C)CN(c2c(NC(=O)c3ccc(=O)n(-c4c(F)cccc4F)n3)ccc(N)c2C=N[C@H]2CCOC2)C[C@H]1N. The summed E-state index contributed by atoms with van der Waals surface area (Å²) >= 11 is 0. The highest BCUT2D eigenvalue weighted by Crippen LogP contribution is 2.39. The number of nitrogen functional groups attached to an aromatic ring is 1. The predicted octanol–water partition coefficient (Wildman–Crippen LogP) is 2.73. The summed E-state index contributed by atoms with van der Waals surface area (Å²) in [5.41, 5.74) is 13.1. The van der Waals surface area contributed by atoms with Crippen LogP contribution in [0, 0.1) is 17.0 Å². The highest BCUT2D eigenvalue weighted by atomic mass is 19.1. The summed E-state index contributed by atoms with van der Waals surface area (Å²) in [6, 6.07) is 8.61. The fourth-order valence-electron chi connectivity index (χ4n) is 4.92. The van der Waals surface area contributed by atoms with Gasteiger partial charge in [-0.25, -0.2) is 8.78 Å². The van der Waals surface area contributed by atoms with Crippen molar-refractivity contribution in [3.8, 4) is 5.69 Å². The second kappa shape index (κ2) is 10.8. The number of aliphatic imine (C=N–C) groups is 1. The van der Waals surface area contributed by atoms with E-state index in [9.17, 15) is 18.4 Å². The van der Waals surface area contributed by atoms with E-state index >= 15 is 0 Å². The van der Waals surface area contributed by atoms with Crippen LogP contribution in [-0.4, -0.2) is 60.3 Å². The molecule has 2 fully saturated rings. The van der Waals surface area contributed by atoms with Gasteiger partial charge in [-0.15, -0.1) is 0 Å². The molecule has 2 aliphatic rings. The summed E-state index contributed by atoms with van der Waals surface area (Å²) in [5, 5.41) is 6.80. The van der Waals surface area contributed by atoms with E-state index in [-0.39, 0.29) is 23.2 Å². The molecule has 2 aromatic carbocycles. The third-order valence-electron chi connectivity index (χ3n) is 7.34. The smallest absolute Gasteiger partial charge is 0.276 e. The van der Waals surface area contributed by atoms with Crippen LogP contribution < -0.4 is 27.2 Å². The molecular formula is C28H31F2N7O3. The number of aromatic nitrogens is 2. The van der Waals surface area contributed by atoms with Crippen LogP contribution in [0.4, 0.5) is 25.8 Å². The lowest BCUT2D eigenvalue weighted by atomic mass is 9.89. The zero-order valence-corrected chi connectivity index (χ0v) is 22.2. The minimum atomic E-state index is -0.988. The molecule has 12 heteroatoms. The normalized spacial score (nSPS) is 20.4. The first-order valence-corrected chi connectivity index (χ1v) is 12.9. The number of hydrogen-bond donors (Lipinski definition) is 3. The fraction of sp³-hybridized carbons (Fsp3) is 0.357. The standard InChI is InChI=1S/C28H31F2N7O3/c1-28(2)15-36(13-23(28)32)25-17(12-33-16-10-11-40-14-16)20(31)6-7-21(25)34-27(39)22-8-9-24(38)37(35-22)26-18(29)4-3-5-19(26)30/h3-9,12,16,23H,10-11,13-15,31-32H2,1-2H3,(H,34,39)/t16-,23+/m0/s1. The largest absolute Gasteiger partial charge is 0.398 e. The molecule has 210 valence electrons. The molecule has 0 saturated carbocycles. The summed E-state index contributed by atoms with van der Waals surface area (Å²) in [6.45, 7) is 6.42. The van der Waals surface area contributed by atoms with Crippen LogP contribution >= 0.6 is 0 Å². The molecule has 0 radical (unpaired) electrons. The number of ether oxygens (including phenoxy) is 1. The lowest BCUT2D eigenvalue weighted by Gasteiger charge is -2.26. The summed E-state index contributed by atoms with van der Waals surface area (Å²) in [5.74, 6) is -2.67. The Labute approximate surface area is 229 Å². The summed E-state index contributed by atoms with van der Waals surface area (Å²) in [6.07, 6.45) is 2.50. The van der Waals surface area contributed by atoms with Crippen LogP contribution in [-0.2, 0) is 4.74 Å². The Balaban J connectivity index is 1.54.